The number of rotatable bonds is 10. The first-order valence-corrected chi connectivity index (χ1v) is 8.33. The smallest absolute Gasteiger partial charge is 0.333 e. The van der Waals surface area contributed by atoms with Crippen LogP contribution in [0.2, 0.25) is 0 Å². The van der Waals surface area contributed by atoms with Crippen LogP contribution in [-0.2, 0) is 23.4 Å². The van der Waals surface area contributed by atoms with Gasteiger partial charge >= 0.3 is 11.9 Å². The highest BCUT2D eigenvalue weighted by atomic mass is 31.2. The van der Waals surface area contributed by atoms with Crippen molar-refractivity contribution in [2.75, 3.05) is 26.0 Å². The summed E-state index contributed by atoms with van der Waals surface area (Å²) in [7, 11) is -3.03. The van der Waals surface area contributed by atoms with Gasteiger partial charge in [0.05, 0.1) is 25.7 Å². The third-order valence-corrected chi connectivity index (χ3v) is 4.04. The minimum Gasteiger partial charge on any atom is -0.481 e. The van der Waals surface area contributed by atoms with Crippen molar-refractivity contribution in [3.05, 3.63) is 12.2 Å². The third kappa shape index (κ3) is 9.72. The van der Waals surface area contributed by atoms with E-state index in [-0.39, 0.29) is 37.8 Å². The Labute approximate surface area is 118 Å². The molecule has 0 amide bonds. The van der Waals surface area contributed by atoms with E-state index < -0.39 is 25.4 Å². The van der Waals surface area contributed by atoms with Gasteiger partial charge in [-0.25, -0.2) is 4.79 Å². The Morgan fingerprint density at radius 1 is 1.40 bits per heavy atom. The van der Waals surface area contributed by atoms with E-state index in [9.17, 15) is 19.3 Å². The topological polar surface area (TPSA) is 110 Å². The van der Waals surface area contributed by atoms with Crippen molar-refractivity contribution in [1.82, 2.24) is 0 Å². The largest absolute Gasteiger partial charge is 0.481 e. The van der Waals surface area contributed by atoms with Gasteiger partial charge in [0.2, 0.25) is 7.37 Å². The van der Waals surface area contributed by atoms with Crippen LogP contribution in [0.3, 0.4) is 0 Å². The fourth-order valence-corrected chi connectivity index (χ4v) is 2.32. The summed E-state index contributed by atoms with van der Waals surface area (Å²) in [6, 6.07) is 0. The molecule has 0 aromatic rings. The first-order valence-electron chi connectivity index (χ1n) is 6.07. The van der Waals surface area contributed by atoms with Gasteiger partial charge < -0.3 is 19.5 Å². The molecule has 0 aliphatic carbocycles. The second kappa shape index (κ2) is 8.89. The normalized spacial score (nSPS) is 15.2. The average molecular weight is 308 g/mol. The highest BCUT2D eigenvalue weighted by Gasteiger charge is 2.19. The lowest BCUT2D eigenvalue weighted by molar-refractivity contribution is -0.139. The van der Waals surface area contributed by atoms with E-state index in [0.717, 1.165) is 0 Å². The first kappa shape index (κ1) is 18.8. The first-order chi connectivity index (χ1) is 9.14. The summed E-state index contributed by atoms with van der Waals surface area (Å²) in [5.74, 6) is -1.59. The van der Waals surface area contributed by atoms with Crippen LogP contribution < -0.4 is 0 Å². The Morgan fingerprint density at radius 2 is 2.00 bits per heavy atom. The number of carbonyl (C=O) groups excluding carboxylic acids is 1. The van der Waals surface area contributed by atoms with Crippen molar-refractivity contribution >= 4 is 19.3 Å². The Hall–Kier alpha value is -1.17. The van der Waals surface area contributed by atoms with Crippen LogP contribution in [0.1, 0.15) is 19.8 Å². The molecule has 2 atom stereocenters. The maximum atomic E-state index is 11.8. The quantitative estimate of drug-likeness (QED) is 0.355. The van der Waals surface area contributed by atoms with Crippen molar-refractivity contribution in [1.29, 1.82) is 0 Å². The molecule has 0 radical (unpaired) electrons. The second-order valence-electron chi connectivity index (χ2n) is 4.54. The highest BCUT2D eigenvalue weighted by molar-refractivity contribution is 7.58. The van der Waals surface area contributed by atoms with Crippen molar-refractivity contribution < 1.29 is 33.6 Å². The molecule has 0 heterocycles. The predicted molar refractivity (Wildman–Crippen MR) is 73.0 cm³/mol. The Bertz CT molecular complexity index is 405. The summed E-state index contributed by atoms with van der Waals surface area (Å²) >= 11 is 0. The van der Waals surface area contributed by atoms with E-state index in [1.165, 1.54) is 13.6 Å². The van der Waals surface area contributed by atoms with Crippen LogP contribution in [0.15, 0.2) is 12.2 Å². The lowest BCUT2D eigenvalue weighted by Gasteiger charge is -2.16. The molecule has 8 heteroatoms. The van der Waals surface area contributed by atoms with Gasteiger partial charge in [0.15, 0.2) is 0 Å². The third-order valence-electron chi connectivity index (χ3n) is 2.30. The molecule has 0 aliphatic rings. The molecule has 2 unspecified atom stereocenters. The molecule has 0 bridgehead atoms. The van der Waals surface area contributed by atoms with E-state index in [1.807, 2.05) is 0 Å². The molecule has 7 nitrogen and oxygen atoms in total. The van der Waals surface area contributed by atoms with Gasteiger partial charge in [-0.2, -0.15) is 0 Å². The zero-order chi connectivity index (χ0) is 15.8. The zero-order valence-electron chi connectivity index (χ0n) is 11.7. The lowest BCUT2D eigenvalue weighted by atomic mass is 10.3. The van der Waals surface area contributed by atoms with E-state index in [4.69, 9.17) is 14.4 Å². The van der Waals surface area contributed by atoms with E-state index in [0.29, 0.717) is 0 Å². The number of carboxylic acids is 1. The molecule has 0 aromatic carbocycles. The molecule has 0 saturated carbocycles. The maximum Gasteiger partial charge on any atom is 0.333 e. The molecule has 2 N–H and O–H groups in total. The monoisotopic (exact) mass is 308 g/mol. The summed E-state index contributed by atoms with van der Waals surface area (Å²) in [4.78, 5) is 21.4. The number of hydrogen-bond acceptors (Lipinski definition) is 6. The summed E-state index contributed by atoms with van der Waals surface area (Å²) in [5.41, 5.74) is 0.266. The average Bonchev–Trinajstić information content (AvgIpc) is 2.34. The molecule has 0 spiro atoms. The maximum absolute atomic E-state index is 11.8. The second-order valence-corrected chi connectivity index (χ2v) is 7.27. The molecular weight excluding hydrogens is 287 g/mol. The summed E-state index contributed by atoms with van der Waals surface area (Å²) in [5, 5.41) is 18.1. The fraction of sp³-hybridized carbons (Fsp3) is 0.667. The molecule has 0 aliphatic heterocycles. The number of esters is 1. The highest BCUT2D eigenvalue weighted by Crippen LogP contribution is 2.43. The zero-order valence-corrected chi connectivity index (χ0v) is 12.6. The van der Waals surface area contributed by atoms with E-state index >= 15 is 0 Å². The fourth-order valence-electron chi connectivity index (χ4n) is 1.10. The van der Waals surface area contributed by atoms with E-state index in [1.54, 1.807) is 0 Å². The van der Waals surface area contributed by atoms with Gasteiger partial charge in [0, 0.05) is 24.8 Å². The summed E-state index contributed by atoms with van der Waals surface area (Å²) in [6.07, 6.45) is -1.14. The van der Waals surface area contributed by atoms with E-state index in [2.05, 4.69) is 6.58 Å². The Morgan fingerprint density at radius 3 is 2.50 bits per heavy atom. The molecule has 0 aromatic heterocycles. The Kier molecular flexibility index (Phi) is 8.37. The number of ether oxygens (including phenoxy) is 1. The predicted octanol–water partition coefficient (Wildman–Crippen LogP) is 1.26. The van der Waals surface area contributed by atoms with Crippen molar-refractivity contribution in [2.45, 2.75) is 25.9 Å². The minimum atomic E-state index is -3.03. The van der Waals surface area contributed by atoms with Gasteiger partial charge in [0.25, 0.3) is 0 Å². The van der Waals surface area contributed by atoms with Gasteiger partial charge in [-0.05, 0) is 6.92 Å². The SMILES string of the molecule is C=C(C)C(=O)OCCC(O)COP(C)(=O)CCC(=O)O. The molecular formula is C12H21O7P. The van der Waals surface area contributed by atoms with Gasteiger partial charge in [0.1, 0.15) is 0 Å². The van der Waals surface area contributed by atoms with Crippen molar-refractivity contribution in [3.63, 3.8) is 0 Å². The van der Waals surface area contributed by atoms with Crippen LogP contribution in [-0.4, -0.2) is 54.3 Å². The number of aliphatic carboxylic acids is 1. The minimum absolute atomic E-state index is 0.000633. The lowest BCUT2D eigenvalue weighted by Crippen LogP contribution is -2.19. The van der Waals surface area contributed by atoms with Crippen LogP contribution in [0.4, 0.5) is 0 Å². The van der Waals surface area contributed by atoms with Crippen LogP contribution in [0.5, 0.6) is 0 Å². The van der Waals surface area contributed by atoms with Gasteiger partial charge in [-0.3, -0.25) is 9.36 Å². The molecule has 0 rings (SSSR count). The number of carboxylic acid groups (broad SMARTS) is 1. The molecule has 0 fully saturated rings. The van der Waals surface area contributed by atoms with Gasteiger partial charge in [-0.1, -0.05) is 6.58 Å². The standard InChI is InChI=1S/C12H21O7P/c1-9(2)12(16)18-6-4-10(13)8-19-20(3,17)7-5-11(14)15/h10,13H,1,4-8H2,2-3H3,(H,14,15). The molecule has 116 valence electrons. The van der Waals surface area contributed by atoms with Crippen molar-refractivity contribution in [2.24, 2.45) is 0 Å². The molecule has 0 saturated heterocycles. The van der Waals surface area contributed by atoms with Crippen LogP contribution >= 0.6 is 7.37 Å². The summed E-state index contributed by atoms with van der Waals surface area (Å²) in [6.45, 7) is 6.05. The Balaban J connectivity index is 3.89. The number of aliphatic hydroxyl groups is 1. The van der Waals surface area contributed by atoms with Crippen LogP contribution in [0, 0.1) is 0 Å². The number of aliphatic hydroxyl groups excluding tert-OH is 1. The number of hydrogen-bond donors (Lipinski definition) is 2. The molecule has 20 heavy (non-hydrogen) atoms. The van der Waals surface area contributed by atoms with Crippen LogP contribution in [0.25, 0.3) is 0 Å². The number of carbonyl (C=O) groups is 2. The van der Waals surface area contributed by atoms with Crippen molar-refractivity contribution in [3.8, 4) is 0 Å². The van der Waals surface area contributed by atoms with Gasteiger partial charge in [-0.15, -0.1) is 0 Å². The summed E-state index contributed by atoms with van der Waals surface area (Å²) < 4.78 is 21.6.